The van der Waals surface area contributed by atoms with E-state index in [9.17, 15) is 4.79 Å². The Kier molecular flexibility index (Phi) is 3.74. The highest BCUT2D eigenvalue weighted by Gasteiger charge is 2.44. The van der Waals surface area contributed by atoms with E-state index in [1.165, 1.54) is 23.8 Å². The predicted octanol–water partition coefficient (Wildman–Crippen LogP) is 3.61. The van der Waals surface area contributed by atoms with Crippen LogP contribution >= 0.6 is 0 Å². The Bertz CT molecular complexity index is 450. The fourth-order valence-corrected chi connectivity index (χ4v) is 2.61. The first-order valence-electron chi connectivity index (χ1n) is 6.68. The van der Waals surface area contributed by atoms with Crippen molar-refractivity contribution in [3.63, 3.8) is 0 Å². The normalized spacial score (nSPS) is 23.6. The first-order valence-corrected chi connectivity index (χ1v) is 6.68. The van der Waals surface area contributed by atoms with Gasteiger partial charge in [-0.2, -0.15) is 0 Å². The van der Waals surface area contributed by atoms with Crippen LogP contribution in [0.25, 0.3) is 0 Å². The zero-order valence-corrected chi connectivity index (χ0v) is 11.7. The first-order chi connectivity index (χ1) is 8.52. The van der Waals surface area contributed by atoms with E-state index in [0.717, 1.165) is 12.8 Å². The smallest absolute Gasteiger partial charge is 0.308 e. The van der Waals surface area contributed by atoms with Gasteiger partial charge in [0.05, 0.1) is 13.0 Å². The van der Waals surface area contributed by atoms with Crippen LogP contribution in [0.5, 0.6) is 0 Å². The average Bonchev–Trinajstić information content (AvgIpc) is 3.10. The summed E-state index contributed by atoms with van der Waals surface area (Å²) in [6.07, 6.45) is 2.09. The fraction of sp³-hybridized carbons (Fsp3) is 0.562. The maximum Gasteiger partial charge on any atom is 0.308 e. The van der Waals surface area contributed by atoms with Crippen LogP contribution in [0, 0.1) is 25.7 Å². The Morgan fingerprint density at radius 3 is 2.72 bits per heavy atom. The molecule has 0 N–H and O–H groups in total. The quantitative estimate of drug-likeness (QED) is 0.759. The molecule has 2 rings (SSSR count). The lowest BCUT2D eigenvalue weighted by molar-refractivity contribution is -0.142. The van der Waals surface area contributed by atoms with E-state index in [2.05, 4.69) is 39.0 Å². The standard InChI is InChI=1S/C16H22O2/c1-10-5-6-13(7-11(10)2)12(3)8-14-9-15(14)16(17)18-4/h5-7,12,14-15H,8-9H2,1-4H3. The molecule has 1 aromatic carbocycles. The second-order valence-corrected chi connectivity index (χ2v) is 5.61. The molecule has 1 aromatic rings. The summed E-state index contributed by atoms with van der Waals surface area (Å²) in [7, 11) is 1.48. The third-order valence-corrected chi connectivity index (χ3v) is 4.18. The van der Waals surface area contributed by atoms with E-state index in [-0.39, 0.29) is 11.9 Å². The number of hydrogen-bond acceptors (Lipinski definition) is 2. The van der Waals surface area contributed by atoms with Crippen LogP contribution in [-0.2, 0) is 9.53 Å². The molecule has 1 saturated carbocycles. The lowest BCUT2D eigenvalue weighted by Crippen LogP contribution is -2.06. The van der Waals surface area contributed by atoms with Crippen molar-refractivity contribution in [2.45, 2.75) is 39.5 Å². The van der Waals surface area contributed by atoms with Gasteiger partial charge in [-0.05, 0) is 55.2 Å². The summed E-state index contributed by atoms with van der Waals surface area (Å²) in [4.78, 5) is 11.4. The number of rotatable bonds is 4. The molecule has 0 heterocycles. The van der Waals surface area contributed by atoms with Crippen LogP contribution in [0.4, 0.5) is 0 Å². The van der Waals surface area contributed by atoms with Gasteiger partial charge in [0.15, 0.2) is 0 Å². The number of carbonyl (C=O) groups excluding carboxylic acids is 1. The van der Waals surface area contributed by atoms with Crippen molar-refractivity contribution in [2.75, 3.05) is 7.11 Å². The molecule has 2 heteroatoms. The molecule has 2 nitrogen and oxygen atoms in total. The van der Waals surface area contributed by atoms with E-state index in [1.54, 1.807) is 0 Å². The van der Waals surface area contributed by atoms with E-state index >= 15 is 0 Å². The van der Waals surface area contributed by atoms with Gasteiger partial charge in [0.1, 0.15) is 0 Å². The Labute approximate surface area is 109 Å². The highest BCUT2D eigenvalue weighted by Crippen LogP contribution is 2.45. The van der Waals surface area contributed by atoms with Crippen LogP contribution in [0.1, 0.15) is 42.4 Å². The molecule has 0 aliphatic heterocycles. The Morgan fingerprint density at radius 2 is 2.11 bits per heavy atom. The maximum absolute atomic E-state index is 11.4. The minimum Gasteiger partial charge on any atom is -0.469 e. The van der Waals surface area contributed by atoms with Crippen molar-refractivity contribution in [2.24, 2.45) is 11.8 Å². The molecule has 1 aliphatic carbocycles. The zero-order chi connectivity index (χ0) is 13.3. The van der Waals surface area contributed by atoms with Crippen molar-refractivity contribution in [3.8, 4) is 0 Å². The van der Waals surface area contributed by atoms with Crippen molar-refractivity contribution in [1.29, 1.82) is 0 Å². The van der Waals surface area contributed by atoms with Gasteiger partial charge < -0.3 is 4.74 Å². The van der Waals surface area contributed by atoms with Crippen molar-refractivity contribution < 1.29 is 9.53 Å². The molecule has 18 heavy (non-hydrogen) atoms. The number of carbonyl (C=O) groups is 1. The van der Waals surface area contributed by atoms with Gasteiger partial charge in [-0.25, -0.2) is 0 Å². The number of methoxy groups -OCH3 is 1. The number of hydrogen-bond donors (Lipinski definition) is 0. The van der Waals surface area contributed by atoms with Gasteiger partial charge in [-0.15, -0.1) is 0 Å². The molecule has 0 aromatic heterocycles. The van der Waals surface area contributed by atoms with Crippen molar-refractivity contribution in [3.05, 3.63) is 34.9 Å². The van der Waals surface area contributed by atoms with E-state index in [0.29, 0.717) is 11.8 Å². The molecule has 1 fully saturated rings. The summed E-state index contributed by atoms with van der Waals surface area (Å²) in [6, 6.07) is 6.67. The number of aryl methyl sites for hydroxylation is 2. The predicted molar refractivity (Wildman–Crippen MR) is 72.6 cm³/mol. The molecular weight excluding hydrogens is 224 g/mol. The fourth-order valence-electron chi connectivity index (χ4n) is 2.61. The summed E-state index contributed by atoms with van der Waals surface area (Å²) >= 11 is 0. The van der Waals surface area contributed by atoms with Gasteiger partial charge >= 0.3 is 5.97 Å². The summed E-state index contributed by atoms with van der Waals surface area (Å²) in [5, 5.41) is 0. The highest BCUT2D eigenvalue weighted by molar-refractivity contribution is 5.75. The van der Waals surface area contributed by atoms with Gasteiger partial charge in [0, 0.05) is 0 Å². The molecule has 3 unspecified atom stereocenters. The maximum atomic E-state index is 11.4. The lowest BCUT2D eigenvalue weighted by atomic mass is 9.92. The molecule has 0 spiro atoms. The van der Waals surface area contributed by atoms with Gasteiger partial charge in [-0.1, -0.05) is 25.1 Å². The van der Waals surface area contributed by atoms with Gasteiger partial charge in [0.25, 0.3) is 0 Å². The van der Waals surface area contributed by atoms with E-state index < -0.39 is 0 Å². The Balaban J connectivity index is 1.95. The molecule has 0 bridgehead atoms. The minimum atomic E-state index is -0.0349. The van der Waals surface area contributed by atoms with E-state index in [1.807, 2.05) is 0 Å². The molecule has 3 atom stereocenters. The van der Waals surface area contributed by atoms with Crippen LogP contribution < -0.4 is 0 Å². The largest absolute Gasteiger partial charge is 0.469 e. The second-order valence-electron chi connectivity index (χ2n) is 5.61. The van der Waals surface area contributed by atoms with Crippen molar-refractivity contribution in [1.82, 2.24) is 0 Å². The lowest BCUT2D eigenvalue weighted by Gasteiger charge is -2.13. The number of ether oxygens (including phenoxy) is 1. The molecule has 0 amide bonds. The summed E-state index contributed by atoms with van der Waals surface area (Å²) in [6.45, 7) is 6.54. The summed E-state index contributed by atoms with van der Waals surface area (Å²) < 4.78 is 4.79. The minimum absolute atomic E-state index is 0.0349. The average molecular weight is 246 g/mol. The van der Waals surface area contributed by atoms with Crippen molar-refractivity contribution >= 4 is 5.97 Å². The summed E-state index contributed by atoms with van der Waals surface area (Å²) in [5.41, 5.74) is 4.07. The zero-order valence-electron chi connectivity index (χ0n) is 11.7. The third-order valence-electron chi connectivity index (χ3n) is 4.18. The first kappa shape index (κ1) is 13.1. The van der Waals surface area contributed by atoms with Crippen LogP contribution in [0.15, 0.2) is 18.2 Å². The molecule has 0 saturated heterocycles. The monoisotopic (exact) mass is 246 g/mol. The van der Waals surface area contributed by atoms with Crippen LogP contribution in [0.3, 0.4) is 0 Å². The van der Waals surface area contributed by atoms with Crippen LogP contribution in [-0.4, -0.2) is 13.1 Å². The SMILES string of the molecule is COC(=O)C1CC1CC(C)c1ccc(C)c(C)c1. The Morgan fingerprint density at radius 1 is 1.39 bits per heavy atom. The number of esters is 1. The third kappa shape index (κ3) is 2.74. The van der Waals surface area contributed by atoms with Gasteiger partial charge in [-0.3, -0.25) is 4.79 Å². The van der Waals surface area contributed by atoms with E-state index in [4.69, 9.17) is 4.74 Å². The second kappa shape index (κ2) is 5.13. The Hall–Kier alpha value is -1.31. The molecule has 0 radical (unpaired) electrons. The highest BCUT2D eigenvalue weighted by atomic mass is 16.5. The molecule has 98 valence electrons. The molecule has 1 aliphatic rings. The summed E-state index contributed by atoms with van der Waals surface area (Å²) in [5.74, 6) is 1.16. The van der Waals surface area contributed by atoms with Crippen LogP contribution in [0.2, 0.25) is 0 Å². The molecular formula is C16H22O2. The van der Waals surface area contributed by atoms with Gasteiger partial charge in [0.2, 0.25) is 0 Å². The number of benzene rings is 1. The topological polar surface area (TPSA) is 26.3 Å².